The Morgan fingerprint density at radius 2 is 1.82 bits per heavy atom. The second-order valence-electron chi connectivity index (χ2n) is 11.7. The summed E-state index contributed by atoms with van der Waals surface area (Å²) in [4.78, 5) is 18.3. The molecule has 3 aliphatic heterocycles. The van der Waals surface area contributed by atoms with Crippen molar-refractivity contribution in [3.63, 3.8) is 0 Å². The van der Waals surface area contributed by atoms with Crippen molar-refractivity contribution in [3.05, 3.63) is 64.4 Å². The minimum absolute atomic E-state index is 0.108. The largest absolute Gasteiger partial charge is 0.496 e. The maximum Gasteiger partial charge on any atom is 0.253 e. The molecule has 3 aliphatic rings. The molecule has 1 fully saturated rings. The highest BCUT2D eigenvalue weighted by molar-refractivity contribution is 6.31. The van der Waals surface area contributed by atoms with Crippen LogP contribution in [0.5, 0.6) is 5.75 Å². The molecule has 1 atom stereocenters. The van der Waals surface area contributed by atoms with Crippen LogP contribution in [-0.2, 0) is 4.79 Å². The van der Waals surface area contributed by atoms with Crippen molar-refractivity contribution in [1.29, 1.82) is 0 Å². The molecule has 1 aromatic carbocycles. The first-order valence-electron chi connectivity index (χ1n) is 14.6. The molecule has 3 heterocycles. The molecule has 1 amide bonds. The number of amides is 1. The quantitative estimate of drug-likeness (QED) is 0.313. The van der Waals surface area contributed by atoms with E-state index >= 15 is 0 Å². The van der Waals surface area contributed by atoms with Gasteiger partial charge < -0.3 is 9.64 Å². The van der Waals surface area contributed by atoms with Gasteiger partial charge in [0.05, 0.1) is 18.9 Å². The number of ether oxygens (including phenoxy) is 1. The van der Waals surface area contributed by atoms with E-state index in [1.807, 2.05) is 40.4 Å². The number of benzene rings is 1. The summed E-state index contributed by atoms with van der Waals surface area (Å²) < 4.78 is 5.70. The molecule has 7 heteroatoms. The van der Waals surface area contributed by atoms with Crippen LogP contribution in [0.25, 0.3) is 0 Å². The predicted octanol–water partition coefficient (Wildman–Crippen LogP) is 6.52. The van der Waals surface area contributed by atoms with Crippen molar-refractivity contribution < 1.29 is 9.53 Å². The van der Waals surface area contributed by atoms with Gasteiger partial charge in [-0.1, -0.05) is 51.8 Å². The van der Waals surface area contributed by atoms with Crippen molar-refractivity contribution in [2.24, 2.45) is 16.9 Å². The Morgan fingerprint density at radius 1 is 1.13 bits per heavy atom. The highest BCUT2D eigenvalue weighted by Gasteiger charge is 2.35. The van der Waals surface area contributed by atoms with Crippen LogP contribution in [0.2, 0.25) is 5.02 Å². The predicted molar refractivity (Wildman–Crippen MR) is 161 cm³/mol. The summed E-state index contributed by atoms with van der Waals surface area (Å²) >= 11 is 6.43. The lowest BCUT2D eigenvalue weighted by molar-refractivity contribution is -0.127. The minimum atomic E-state index is -0.144. The summed E-state index contributed by atoms with van der Waals surface area (Å²) in [5.41, 5.74) is 3.55. The molecule has 0 bridgehead atoms. The number of hydrogen-bond donors (Lipinski definition) is 0. The fourth-order valence-electron chi connectivity index (χ4n) is 5.32. The van der Waals surface area contributed by atoms with Crippen LogP contribution in [0.1, 0.15) is 65.4 Å². The topological polar surface area (TPSA) is 48.4 Å². The fraction of sp³-hybridized carbons (Fsp3) is 0.562. The number of hydrazone groups is 1. The van der Waals surface area contributed by atoms with Crippen molar-refractivity contribution in [1.82, 2.24) is 14.8 Å². The Kier molecular flexibility index (Phi) is 10.3. The monoisotopic (exact) mass is 552 g/mol. The second kappa shape index (κ2) is 13.7. The van der Waals surface area contributed by atoms with Crippen LogP contribution in [0, 0.1) is 11.8 Å². The third-order valence-electron chi connectivity index (χ3n) is 7.76. The lowest BCUT2D eigenvalue weighted by Gasteiger charge is -2.28. The van der Waals surface area contributed by atoms with Crippen LogP contribution in [0.4, 0.5) is 0 Å². The van der Waals surface area contributed by atoms with Gasteiger partial charge >= 0.3 is 0 Å². The first-order chi connectivity index (χ1) is 18.8. The summed E-state index contributed by atoms with van der Waals surface area (Å²) in [6.07, 6.45) is 14.0. The average Bonchev–Trinajstić information content (AvgIpc) is 3.29. The van der Waals surface area contributed by atoms with Gasteiger partial charge in [-0.25, -0.2) is 0 Å². The van der Waals surface area contributed by atoms with Gasteiger partial charge in [0.15, 0.2) is 0 Å². The minimum Gasteiger partial charge on any atom is -0.496 e. The molecule has 212 valence electrons. The molecule has 0 aromatic heterocycles. The number of nitrogens with zero attached hydrogens (tertiary/aromatic N) is 4. The van der Waals surface area contributed by atoms with Crippen LogP contribution in [0.15, 0.2) is 58.9 Å². The lowest BCUT2D eigenvalue weighted by atomic mass is 9.93. The molecule has 1 unspecified atom stereocenters. The molecule has 1 aromatic rings. The number of piperidine rings is 1. The lowest BCUT2D eigenvalue weighted by Crippen LogP contribution is -2.37. The van der Waals surface area contributed by atoms with E-state index in [1.54, 1.807) is 7.11 Å². The molecular weight excluding hydrogens is 508 g/mol. The molecule has 6 nitrogen and oxygen atoms in total. The number of hydrogen-bond acceptors (Lipinski definition) is 5. The number of methoxy groups -OCH3 is 1. The number of fused-ring (bicyclic) bond motifs is 1. The van der Waals surface area contributed by atoms with Crippen LogP contribution in [-0.4, -0.2) is 72.3 Å². The first kappa shape index (κ1) is 29.4. The SMILES string of the molecule is COc1ccc(Cl)cc1C1=NN2C=CC(C(=O)N(CCC(C)C)CCC(C)C)=CC2C1=CCN1CCCCC1. The zero-order valence-corrected chi connectivity index (χ0v) is 25.1. The highest BCUT2D eigenvalue weighted by atomic mass is 35.5. The number of likely N-dealkylation sites (tertiary alicyclic amines) is 1. The average molecular weight is 553 g/mol. The number of carbonyl (C=O) groups excluding carboxylic acids is 1. The van der Waals surface area contributed by atoms with Gasteiger partial charge in [0.25, 0.3) is 5.91 Å². The van der Waals surface area contributed by atoms with E-state index in [4.69, 9.17) is 21.4 Å². The molecule has 0 saturated carbocycles. The Labute approximate surface area is 240 Å². The summed E-state index contributed by atoms with van der Waals surface area (Å²) in [6.45, 7) is 13.5. The number of rotatable bonds is 11. The molecule has 0 aliphatic carbocycles. The van der Waals surface area contributed by atoms with Gasteiger partial charge in [0, 0.05) is 47.6 Å². The Hall–Kier alpha value is -2.57. The Morgan fingerprint density at radius 3 is 2.46 bits per heavy atom. The van der Waals surface area contributed by atoms with Crippen molar-refractivity contribution >= 4 is 23.2 Å². The second-order valence-corrected chi connectivity index (χ2v) is 12.2. The zero-order valence-electron chi connectivity index (χ0n) is 24.3. The van der Waals surface area contributed by atoms with Crippen LogP contribution >= 0.6 is 11.6 Å². The molecule has 39 heavy (non-hydrogen) atoms. The van der Waals surface area contributed by atoms with E-state index in [2.05, 4.69) is 44.7 Å². The van der Waals surface area contributed by atoms with Gasteiger partial charge in [-0.05, 0) is 81.0 Å². The summed E-state index contributed by atoms with van der Waals surface area (Å²) in [5.74, 6) is 1.94. The van der Waals surface area contributed by atoms with E-state index in [9.17, 15) is 4.79 Å². The summed E-state index contributed by atoms with van der Waals surface area (Å²) in [7, 11) is 1.67. The maximum atomic E-state index is 13.8. The van der Waals surface area contributed by atoms with Crippen LogP contribution in [0.3, 0.4) is 0 Å². The molecule has 0 spiro atoms. The summed E-state index contributed by atoms with van der Waals surface area (Å²) in [6, 6.07) is 5.51. The third-order valence-corrected chi connectivity index (χ3v) is 7.99. The third kappa shape index (κ3) is 7.55. The smallest absolute Gasteiger partial charge is 0.253 e. The first-order valence-corrected chi connectivity index (χ1v) is 15.0. The highest BCUT2D eigenvalue weighted by Crippen LogP contribution is 2.35. The van der Waals surface area contributed by atoms with Gasteiger partial charge in [-0.15, -0.1) is 0 Å². The Bertz CT molecular complexity index is 1120. The standard InChI is InChI=1S/C32H45ClN4O2/c1-23(2)11-18-36(19-12-24(3)4)32(38)25-13-20-37-29(21-25)27(14-17-35-15-7-6-8-16-35)31(34-37)28-22-26(33)9-10-30(28)39-5/h9-10,13-14,20-24,29H,6-8,11-12,15-19H2,1-5H3. The van der Waals surface area contributed by atoms with E-state index in [0.717, 1.165) is 73.7 Å². The molecule has 0 N–H and O–H groups in total. The van der Waals surface area contributed by atoms with E-state index in [0.29, 0.717) is 16.9 Å². The fourth-order valence-corrected chi connectivity index (χ4v) is 5.49. The normalized spacial score (nSPS) is 20.5. The van der Waals surface area contributed by atoms with Gasteiger partial charge in [-0.2, -0.15) is 5.10 Å². The van der Waals surface area contributed by atoms with Gasteiger partial charge in [0.1, 0.15) is 5.75 Å². The zero-order chi connectivity index (χ0) is 27.9. The maximum absolute atomic E-state index is 13.8. The Balaban J connectivity index is 1.65. The molecular formula is C32H45ClN4O2. The molecule has 0 radical (unpaired) electrons. The van der Waals surface area contributed by atoms with Crippen molar-refractivity contribution in [2.75, 3.05) is 39.8 Å². The van der Waals surface area contributed by atoms with Gasteiger partial charge in [0.2, 0.25) is 0 Å². The van der Waals surface area contributed by atoms with Crippen molar-refractivity contribution in [2.45, 2.75) is 65.8 Å². The van der Waals surface area contributed by atoms with E-state index < -0.39 is 0 Å². The van der Waals surface area contributed by atoms with E-state index in [-0.39, 0.29) is 11.9 Å². The van der Waals surface area contributed by atoms with E-state index in [1.165, 1.54) is 19.3 Å². The number of halogens is 1. The summed E-state index contributed by atoms with van der Waals surface area (Å²) in [5, 5.41) is 7.60. The van der Waals surface area contributed by atoms with Crippen LogP contribution < -0.4 is 4.74 Å². The molecule has 4 rings (SSSR count). The van der Waals surface area contributed by atoms with Crippen molar-refractivity contribution in [3.8, 4) is 5.75 Å². The molecule has 1 saturated heterocycles. The number of carbonyl (C=O) groups is 1. The van der Waals surface area contributed by atoms with Gasteiger partial charge in [-0.3, -0.25) is 14.7 Å².